The standard InChI is InChI=1S/C26H37N5O3/c1-21(32)30-13-5-4-10-26(11-7-14-31(26)19-24-27-12-15-28(24)2)20-29(3)25(33)22-8-6-9-23(18-22)34-17-16-30/h6,8-9,12,15,18H,4-5,7,10-11,13-14,16-17,19-20H2,1-3H3/t26-/m1/s1. The Hall–Kier alpha value is -2.87. The van der Waals surface area contributed by atoms with Crippen molar-refractivity contribution >= 4 is 11.8 Å². The lowest BCUT2D eigenvalue weighted by Crippen LogP contribution is -2.52. The first kappa shape index (κ1) is 24.3. The van der Waals surface area contributed by atoms with E-state index in [4.69, 9.17) is 4.74 Å². The molecule has 1 atom stereocenters. The fourth-order valence-electron chi connectivity index (χ4n) is 5.41. The van der Waals surface area contributed by atoms with Crippen LogP contribution >= 0.6 is 0 Å². The zero-order valence-corrected chi connectivity index (χ0v) is 20.7. The number of benzene rings is 1. The first-order valence-corrected chi connectivity index (χ1v) is 12.3. The van der Waals surface area contributed by atoms with Crippen LogP contribution in [0.15, 0.2) is 36.7 Å². The predicted octanol–water partition coefficient (Wildman–Crippen LogP) is 2.94. The molecule has 0 aliphatic carbocycles. The molecule has 1 aromatic heterocycles. The van der Waals surface area contributed by atoms with E-state index in [2.05, 4.69) is 14.5 Å². The molecule has 8 heteroatoms. The molecule has 1 aromatic carbocycles. The van der Waals surface area contributed by atoms with Crippen molar-refractivity contribution < 1.29 is 14.3 Å². The van der Waals surface area contributed by atoms with Crippen molar-refractivity contribution in [2.24, 2.45) is 7.05 Å². The number of likely N-dealkylation sites (N-methyl/N-ethyl adjacent to an activating group) is 1. The topological polar surface area (TPSA) is 70.9 Å². The molecule has 0 N–H and O–H groups in total. The number of fused-ring (bicyclic) bond motifs is 2. The summed E-state index contributed by atoms with van der Waals surface area (Å²) in [4.78, 5) is 36.4. The lowest BCUT2D eigenvalue weighted by molar-refractivity contribution is -0.129. The highest BCUT2D eigenvalue weighted by molar-refractivity contribution is 5.94. The first-order valence-electron chi connectivity index (χ1n) is 12.3. The third-order valence-electron chi connectivity index (χ3n) is 7.35. The molecule has 2 bridgehead atoms. The number of aromatic nitrogens is 2. The van der Waals surface area contributed by atoms with Gasteiger partial charge in [0.2, 0.25) is 5.91 Å². The number of carbonyl (C=O) groups is 2. The van der Waals surface area contributed by atoms with E-state index < -0.39 is 0 Å². The van der Waals surface area contributed by atoms with Crippen LogP contribution in [0.3, 0.4) is 0 Å². The Kier molecular flexibility index (Phi) is 7.56. The quantitative estimate of drug-likeness (QED) is 0.679. The summed E-state index contributed by atoms with van der Waals surface area (Å²) >= 11 is 0. The van der Waals surface area contributed by atoms with Gasteiger partial charge in [-0.1, -0.05) is 6.07 Å². The van der Waals surface area contributed by atoms with Gasteiger partial charge in [0.1, 0.15) is 18.2 Å². The van der Waals surface area contributed by atoms with E-state index >= 15 is 0 Å². The summed E-state index contributed by atoms with van der Waals surface area (Å²) in [5, 5.41) is 0. The zero-order valence-electron chi connectivity index (χ0n) is 20.7. The maximum absolute atomic E-state index is 13.4. The van der Waals surface area contributed by atoms with E-state index in [1.807, 2.05) is 60.6 Å². The molecule has 0 unspecified atom stereocenters. The van der Waals surface area contributed by atoms with Crippen LogP contribution in [0, 0.1) is 0 Å². The molecular weight excluding hydrogens is 430 g/mol. The van der Waals surface area contributed by atoms with Crippen molar-refractivity contribution in [3.63, 3.8) is 0 Å². The van der Waals surface area contributed by atoms with Crippen molar-refractivity contribution in [2.45, 2.75) is 51.1 Å². The van der Waals surface area contributed by atoms with Crippen molar-refractivity contribution in [3.8, 4) is 5.75 Å². The number of hydrogen-bond donors (Lipinski definition) is 0. The fourth-order valence-corrected chi connectivity index (χ4v) is 5.41. The van der Waals surface area contributed by atoms with Crippen molar-refractivity contribution in [2.75, 3.05) is 39.8 Å². The molecule has 4 rings (SSSR count). The summed E-state index contributed by atoms with van der Waals surface area (Å²) in [6, 6.07) is 7.37. The van der Waals surface area contributed by atoms with Gasteiger partial charge in [-0.2, -0.15) is 0 Å². The minimum absolute atomic E-state index is 0.00824. The van der Waals surface area contributed by atoms with Crippen LogP contribution in [0.5, 0.6) is 5.75 Å². The van der Waals surface area contributed by atoms with Gasteiger partial charge in [0.05, 0.1) is 13.1 Å². The first-order chi connectivity index (χ1) is 16.4. The summed E-state index contributed by atoms with van der Waals surface area (Å²) in [6.45, 7) is 5.74. The van der Waals surface area contributed by atoms with Crippen LogP contribution in [-0.4, -0.2) is 81.4 Å². The largest absolute Gasteiger partial charge is 0.492 e. The molecule has 2 aliphatic heterocycles. The molecule has 1 fully saturated rings. The second-order valence-corrected chi connectivity index (χ2v) is 9.70. The van der Waals surface area contributed by atoms with E-state index in [1.54, 1.807) is 6.92 Å². The molecule has 2 aromatic rings. The van der Waals surface area contributed by atoms with Gasteiger partial charge in [-0.15, -0.1) is 0 Å². The maximum Gasteiger partial charge on any atom is 0.253 e. The number of nitrogens with zero attached hydrogens (tertiary/aromatic N) is 5. The average molecular weight is 468 g/mol. The molecule has 2 amide bonds. The molecule has 0 radical (unpaired) electrons. The van der Waals surface area contributed by atoms with E-state index in [9.17, 15) is 9.59 Å². The van der Waals surface area contributed by atoms with Crippen molar-refractivity contribution in [1.29, 1.82) is 0 Å². The van der Waals surface area contributed by atoms with Crippen molar-refractivity contribution in [1.82, 2.24) is 24.3 Å². The summed E-state index contributed by atoms with van der Waals surface area (Å²) in [6.07, 6.45) is 8.90. The SMILES string of the molecule is CC(=O)N1CCCC[C@@]2(CCCN2Cc2nccn2C)CN(C)C(=O)c2cccc(c2)OCC1. The molecule has 2 aliphatic rings. The fraction of sp³-hybridized carbons (Fsp3) is 0.577. The Morgan fingerprint density at radius 1 is 1.12 bits per heavy atom. The normalized spacial score (nSPS) is 23.0. The highest BCUT2D eigenvalue weighted by atomic mass is 16.5. The second-order valence-electron chi connectivity index (χ2n) is 9.70. The number of rotatable bonds is 2. The Balaban J connectivity index is 1.61. The minimum Gasteiger partial charge on any atom is -0.492 e. The van der Waals surface area contributed by atoms with Crippen LogP contribution in [-0.2, 0) is 18.4 Å². The number of carbonyl (C=O) groups excluding carboxylic acids is 2. The number of likely N-dealkylation sites (tertiary alicyclic amines) is 1. The Morgan fingerprint density at radius 3 is 2.71 bits per heavy atom. The van der Waals surface area contributed by atoms with Gasteiger partial charge in [0.25, 0.3) is 5.91 Å². The van der Waals surface area contributed by atoms with Gasteiger partial charge in [0.15, 0.2) is 0 Å². The van der Waals surface area contributed by atoms with Crippen LogP contribution < -0.4 is 4.74 Å². The van der Waals surface area contributed by atoms with E-state index in [0.717, 1.165) is 57.6 Å². The molecule has 34 heavy (non-hydrogen) atoms. The highest BCUT2D eigenvalue weighted by Gasteiger charge is 2.42. The molecule has 1 spiro atoms. The number of aryl methyl sites for hydroxylation is 1. The summed E-state index contributed by atoms with van der Waals surface area (Å²) in [5.41, 5.74) is 0.521. The van der Waals surface area contributed by atoms with E-state index in [1.165, 1.54) is 0 Å². The molecule has 1 saturated heterocycles. The average Bonchev–Trinajstić information content (AvgIpc) is 3.40. The summed E-state index contributed by atoms with van der Waals surface area (Å²) in [5.74, 6) is 1.78. The minimum atomic E-state index is -0.105. The number of amides is 2. The van der Waals surface area contributed by atoms with Gasteiger partial charge in [-0.25, -0.2) is 4.98 Å². The molecular formula is C26H37N5O3. The highest BCUT2D eigenvalue weighted by Crippen LogP contribution is 2.36. The van der Waals surface area contributed by atoms with E-state index in [0.29, 0.717) is 31.0 Å². The second kappa shape index (κ2) is 10.6. The van der Waals surface area contributed by atoms with Gasteiger partial charge in [-0.3, -0.25) is 14.5 Å². The number of ether oxygens (including phenoxy) is 1. The van der Waals surface area contributed by atoms with Crippen LogP contribution in [0.1, 0.15) is 55.2 Å². The van der Waals surface area contributed by atoms with E-state index in [-0.39, 0.29) is 17.4 Å². The smallest absolute Gasteiger partial charge is 0.253 e. The summed E-state index contributed by atoms with van der Waals surface area (Å²) < 4.78 is 7.96. The van der Waals surface area contributed by atoms with Gasteiger partial charge in [-0.05, 0) is 56.8 Å². The van der Waals surface area contributed by atoms with Gasteiger partial charge in [0, 0.05) is 57.6 Å². The van der Waals surface area contributed by atoms with Crippen LogP contribution in [0.2, 0.25) is 0 Å². The number of imidazole rings is 1. The predicted molar refractivity (Wildman–Crippen MR) is 131 cm³/mol. The van der Waals surface area contributed by atoms with Crippen molar-refractivity contribution in [3.05, 3.63) is 48.0 Å². The lowest BCUT2D eigenvalue weighted by Gasteiger charge is -2.41. The molecule has 3 heterocycles. The third kappa shape index (κ3) is 5.43. The Morgan fingerprint density at radius 2 is 1.94 bits per heavy atom. The van der Waals surface area contributed by atoms with Crippen LogP contribution in [0.4, 0.5) is 0 Å². The molecule has 184 valence electrons. The van der Waals surface area contributed by atoms with Gasteiger partial charge >= 0.3 is 0 Å². The Labute approximate surface area is 202 Å². The van der Waals surface area contributed by atoms with Gasteiger partial charge < -0.3 is 19.1 Å². The molecule has 0 saturated carbocycles. The third-order valence-corrected chi connectivity index (χ3v) is 7.35. The maximum atomic E-state index is 13.4. The number of hydrogen-bond acceptors (Lipinski definition) is 5. The zero-order chi connectivity index (χ0) is 24.1. The summed E-state index contributed by atoms with van der Waals surface area (Å²) in [7, 11) is 3.94. The monoisotopic (exact) mass is 467 g/mol. The van der Waals surface area contributed by atoms with Crippen LogP contribution in [0.25, 0.3) is 0 Å². The Bertz CT molecular complexity index is 1010. The molecule has 8 nitrogen and oxygen atoms in total. The lowest BCUT2D eigenvalue weighted by atomic mass is 9.88.